The zero-order valence-electron chi connectivity index (χ0n) is 24.7. The second kappa shape index (κ2) is 11.4. The van der Waals surface area contributed by atoms with Crippen LogP contribution in [0.3, 0.4) is 0 Å². The predicted octanol–water partition coefficient (Wildman–Crippen LogP) is 6.56. The predicted molar refractivity (Wildman–Crippen MR) is 156 cm³/mol. The number of fused-ring (bicyclic) bond motifs is 1. The number of rotatable bonds is 3. The summed E-state index contributed by atoms with van der Waals surface area (Å²) in [6.45, 7) is 15.2. The largest absolute Gasteiger partial charge is 0.444 e. The van der Waals surface area contributed by atoms with E-state index in [0.717, 1.165) is 35.1 Å². The van der Waals surface area contributed by atoms with Crippen molar-refractivity contribution in [2.75, 3.05) is 25.0 Å². The number of carbonyl (C=O) groups excluding carboxylic acids is 3. The van der Waals surface area contributed by atoms with Gasteiger partial charge in [-0.15, -0.1) is 0 Å². The van der Waals surface area contributed by atoms with Crippen molar-refractivity contribution in [3.05, 3.63) is 70.3 Å². The summed E-state index contributed by atoms with van der Waals surface area (Å²) in [6.07, 6.45) is 2.89. The molecule has 214 valence electrons. The molecule has 0 radical (unpaired) electrons. The molecule has 0 fully saturated rings. The van der Waals surface area contributed by atoms with Gasteiger partial charge in [0.25, 0.3) is 5.91 Å². The highest BCUT2D eigenvalue weighted by Gasteiger charge is 2.27. The van der Waals surface area contributed by atoms with E-state index in [-0.39, 0.29) is 18.1 Å². The molecular formula is C32H41N3O5. The van der Waals surface area contributed by atoms with Gasteiger partial charge in [-0.1, -0.05) is 24.3 Å². The van der Waals surface area contributed by atoms with Crippen LogP contribution < -0.4 is 5.32 Å². The number of carbonyl (C=O) groups is 3. The first kappa shape index (κ1) is 29.2. The van der Waals surface area contributed by atoms with Crippen LogP contribution in [-0.4, -0.2) is 58.7 Å². The standard InChI is InChI=1S/C32H41N3O5/c1-21-18-24(23-12-15-34(16-13-23)29(37)39-31(2,3)4)9-11-27(21)28(36)33-26-10-8-22-14-17-35(20-25(22)19-26)30(38)40-32(5,6)7/h8-12,18-19H,13-17,20H2,1-7H3,(H,33,36). The SMILES string of the molecule is Cc1cc(C2=CCN(C(=O)OC(C)(C)C)CC2)ccc1C(=O)Nc1ccc2c(c1)CN(C(=O)OC(C)(C)C)CC2. The van der Waals surface area contributed by atoms with Gasteiger partial charge in [-0.25, -0.2) is 9.59 Å². The molecule has 3 amide bonds. The summed E-state index contributed by atoms with van der Waals surface area (Å²) in [5, 5.41) is 3.02. The molecule has 0 spiro atoms. The van der Waals surface area contributed by atoms with Gasteiger partial charge in [0.05, 0.1) is 0 Å². The van der Waals surface area contributed by atoms with Gasteiger partial charge in [-0.05, 0) is 107 Å². The minimum atomic E-state index is -0.547. The second-order valence-electron chi connectivity index (χ2n) is 12.5. The lowest BCUT2D eigenvalue weighted by molar-refractivity contribution is 0.0221. The fourth-order valence-corrected chi connectivity index (χ4v) is 4.86. The van der Waals surface area contributed by atoms with Gasteiger partial charge >= 0.3 is 12.2 Å². The smallest absolute Gasteiger partial charge is 0.410 e. The number of aryl methyl sites for hydroxylation is 1. The van der Waals surface area contributed by atoms with Gasteiger partial charge in [-0.3, -0.25) is 4.79 Å². The lowest BCUT2D eigenvalue weighted by atomic mass is 9.95. The first-order valence-electron chi connectivity index (χ1n) is 13.9. The molecule has 0 saturated heterocycles. The summed E-state index contributed by atoms with van der Waals surface area (Å²) in [5.41, 5.74) is 5.48. The van der Waals surface area contributed by atoms with Crippen molar-refractivity contribution in [3.8, 4) is 0 Å². The molecule has 1 N–H and O–H groups in total. The van der Waals surface area contributed by atoms with Crippen molar-refractivity contribution in [1.29, 1.82) is 0 Å². The molecule has 2 aromatic carbocycles. The fourth-order valence-electron chi connectivity index (χ4n) is 4.86. The van der Waals surface area contributed by atoms with Crippen molar-refractivity contribution in [1.82, 2.24) is 9.80 Å². The van der Waals surface area contributed by atoms with Crippen molar-refractivity contribution in [3.63, 3.8) is 0 Å². The number of hydrogen-bond donors (Lipinski definition) is 1. The zero-order chi connectivity index (χ0) is 29.2. The summed E-state index contributed by atoms with van der Waals surface area (Å²) in [5.74, 6) is -0.183. The maximum Gasteiger partial charge on any atom is 0.410 e. The molecular weight excluding hydrogens is 506 g/mol. The van der Waals surface area contributed by atoms with Crippen LogP contribution >= 0.6 is 0 Å². The summed E-state index contributed by atoms with van der Waals surface area (Å²) < 4.78 is 11.0. The molecule has 0 saturated carbocycles. The molecule has 4 rings (SSSR count). The van der Waals surface area contributed by atoms with Crippen molar-refractivity contribution < 1.29 is 23.9 Å². The van der Waals surface area contributed by atoms with E-state index in [1.165, 1.54) is 5.56 Å². The highest BCUT2D eigenvalue weighted by atomic mass is 16.6. The molecule has 40 heavy (non-hydrogen) atoms. The Morgan fingerprint density at radius 1 is 0.800 bits per heavy atom. The zero-order valence-corrected chi connectivity index (χ0v) is 24.7. The highest BCUT2D eigenvalue weighted by Crippen LogP contribution is 2.27. The summed E-state index contributed by atoms with van der Waals surface area (Å²) in [7, 11) is 0. The Balaban J connectivity index is 1.40. The molecule has 2 aliphatic heterocycles. The Hall–Kier alpha value is -3.81. The van der Waals surface area contributed by atoms with Gasteiger partial charge in [-0.2, -0.15) is 0 Å². The van der Waals surface area contributed by atoms with Crippen LogP contribution in [0.5, 0.6) is 0 Å². The maximum absolute atomic E-state index is 13.2. The molecule has 8 heteroatoms. The molecule has 0 atom stereocenters. The fraction of sp³-hybridized carbons (Fsp3) is 0.469. The Kier molecular flexibility index (Phi) is 8.28. The Bertz CT molecular complexity index is 1330. The number of anilines is 1. The molecule has 2 aromatic rings. The van der Waals surface area contributed by atoms with Crippen LogP contribution in [0.1, 0.15) is 80.6 Å². The van der Waals surface area contributed by atoms with E-state index in [4.69, 9.17) is 9.47 Å². The third-order valence-electron chi connectivity index (χ3n) is 6.83. The van der Waals surface area contributed by atoms with E-state index >= 15 is 0 Å². The quantitative estimate of drug-likeness (QED) is 0.470. The van der Waals surface area contributed by atoms with Gasteiger partial charge in [0.1, 0.15) is 11.2 Å². The molecule has 0 aliphatic carbocycles. The number of nitrogens with one attached hydrogen (secondary N) is 1. The van der Waals surface area contributed by atoms with Crippen LogP contribution in [-0.2, 0) is 22.4 Å². The van der Waals surface area contributed by atoms with Crippen LogP contribution in [0.2, 0.25) is 0 Å². The van der Waals surface area contributed by atoms with Gasteiger partial charge < -0.3 is 24.6 Å². The Morgan fingerprint density at radius 3 is 2.05 bits per heavy atom. The van der Waals surface area contributed by atoms with Crippen molar-refractivity contribution in [2.24, 2.45) is 0 Å². The topological polar surface area (TPSA) is 88.2 Å². The second-order valence-corrected chi connectivity index (χ2v) is 12.5. The van der Waals surface area contributed by atoms with Crippen LogP contribution in [0.25, 0.3) is 5.57 Å². The summed E-state index contributed by atoms with van der Waals surface area (Å²) >= 11 is 0. The molecule has 0 unspecified atom stereocenters. The first-order valence-corrected chi connectivity index (χ1v) is 13.9. The molecule has 0 aromatic heterocycles. The van der Waals surface area contributed by atoms with Crippen LogP contribution in [0.15, 0.2) is 42.5 Å². The third-order valence-corrected chi connectivity index (χ3v) is 6.83. The third kappa shape index (κ3) is 7.43. The van der Waals surface area contributed by atoms with E-state index < -0.39 is 11.2 Å². The molecule has 0 bridgehead atoms. The van der Waals surface area contributed by atoms with E-state index in [1.807, 2.05) is 84.9 Å². The lowest BCUT2D eigenvalue weighted by Crippen LogP contribution is -2.39. The number of nitrogens with zero attached hydrogens (tertiary/aromatic N) is 2. The number of amides is 3. The van der Waals surface area contributed by atoms with Gasteiger partial charge in [0.15, 0.2) is 0 Å². The average molecular weight is 548 g/mol. The number of ether oxygens (including phenoxy) is 2. The average Bonchev–Trinajstić information content (AvgIpc) is 2.86. The van der Waals surface area contributed by atoms with E-state index in [0.29, 0.717) is 37.4 Å². The van der Waals surface area contributed by atoms with Crippen molar-refractivity contribution in [2.45, 2.75) is 79.1 Å². The van der Waals surface area contributed by atoms with Gasteiger partial charge in [0.2, 0.25) is 0 Å². The Morgan fingerprint density at radius 2 is 1.45 bits per heavy atom. The maximum atomic E-state index is 13.2. The normalized spacial score (nSPS) is 15.6. The minimum Gasteiger partial charge on any atom is -0.444 e. The first-order chi connectivity index (χ1) is 18.7. The minimum absolute atomic E-state index is 0.183. The van der Waals surface area contributed by atoms with E-state index in [1.54, 1.807) is 9.80 Å². The highest BCUT2D eigenvalue weighted by molar-refractivity contribution is 6.05. The summed E-state index contributed by atoms with van der Waals surface area (Å²) in [6, 6.07) is 11.7. The van der Waals surface area contributed by atoms with Gasteiger partial charge in [0, 0.05) is 37.4 Å². The lowest BCUT2D eigenvalue weighted by Gasteiger charge is -2.31. The van der Waals surface area contributed by atoms with E-state index in [9.17, 15) is 14.4 Å². The van der Waals surface area contributed by atoms with Crippen LogP contribution in [0.4, 0.5) is 15.3 Å². The monoisotopic (exact) mass is 547 g/mol. The molecule has 2 heterocycles. The Labute approximate surface area is 237 Å². The van der Waals surface area contributed by atoms with E-state index in [2.05, 4.69) is 11.4 Å². The summed E-state index contributed by atoms with van der Waals surface area (Å²) in [4.78, 5) is 41.5. The molecule has 2 aliphatic rings. The van der Waals surface area contributed by atoms with Crippen molar-refractivity contribution >= 4 is 29.4 Å². The van der Waals surface area contributed by atoms with Crippen LogP contribution in [0, 0.1) is 6.92 Å². The molecule has 8 nitrogen and oxygen atoms in total. The number of hydrogen-bond acceptors (Lipinski definition) is 5. The number of benzene rings is 2.